The number of hydrogen-bond donors (Lipinski definition) is 0. The third-order valence-corrected chi connectivity index (χ3v) is 9.74. The number of benzene rings is 3. The van der Waals surface area contributed by atoms with Crippen molar-refractivity contribution < 1.29 is 22.7 Å². The quantitative estimate of drug-likeness (QED) is 0.314. The molecule has 0 radical (unpaired) electrons. The molecule has 0 unspecified atom stereocenters. The van der Waals surface area contributed by atoms with Gasteiger partial charge in [0.2, 0.25) is 6.79 Å². The topological polar surface area (TPSA) is 92.3 Å². The molecule has 0 fully saturated rings. The lowest BCUT2D eigenvalue weighted by atomic mass is 10.2. The van der Waals surface area contributed by atoms with E-state index in [1.807, 2.05) is 50.5 Å². The van der Waals surface area contributed by atoms with E-state index < -0.39 is 10.0 Å². The number of carbonyl (C=O) groups is 1. The van der Waals surface area contributed by atoms with Crippen molar-refractivity contribution in [1.82, 2.24) is 9.88 Å². The summed E-state index contributed by atoms with van der Waals surface area (Å²) in [5, 5.41) is 0.572. The molecule has 0 bridgehead atoms. The number of sulfonamides is 1. The fourth-order valence-corrected chi connectivity index (χ4v) is 7.36. The summed E-state index contributed by atoms with van der Waals surface area (Å²) in [6.07, 6.45) is 1.43. The van der Waals surface area contributed by atoms with Gasteiger partial charge in [-0.25, -0.2) is 13.4 Å². The Kier molecular flexibility index (Phi) is 6.66. The van der Waals surface area contributed by atoms with Gasteiger partial charge in [0.05, 0.1) is 20.8 Å². The first-order valence-electron chi connectivity index (χ1n) is 12.7. The van der Waals surface area contributed by atoms with Gasteiger partial charge in [-0.15, -0.1) is 0 Å². The van der Waals surface area contributed by atoms with Gasteiger partial charge in [-0.1, -0.05) is 29.5 Å². The first-order chi connectivity index (χ1) is 18.8. The molecule has 9 nitrogen and oxygen atoms in total. The molecule has 2 aliphatic rings. The van der Waals surface area contributed by atoms with Crippen LogP contribution >= 0.6 is 11.3 Å². The number of fused-ring (bicyclic) bond motifs is 3. The molecule has 0 atom stereocenters. The van der Waals surface area contributed by atoms with Crippen molar-refractivity contribution in [3.8, 4) is 11.5 Å². The van der Waals surface area contributed by atoms with Gasteiger partial charge in [0.1, 0.15) is 0 Å². The Morgan fingerprint density at radius 3 is 2.54 bits per heavy atom. The molecule has 202 valence electrons. The number of para-hydroxylation sites is 1. The maximum absolute atomic E-state index is 13.7. The minimum atomic E-state index is -3.74. The first-order valence-corrected chi connectivity index (χ1v) is 14.9. The number of anilines is 2. The normalized spacial score (nSPS) is 14.3. The Morgan fingerprint density at radius 2 is 1.77 bits per heavy atom. The van der Waals surface area contributed by atoms with E-state index in [1.165, 1.54) is 27.8 Å². The molecule has 2 aliphatic heterocycles. The molecular weight excluding hydrogens is 536 g/mol. The molecule has 11 heteroatoms. The monoisotopic (exact) mass is 564 g/mol. The van der Waals surface area contributed by atoms with E-state index in [0.29, 0.717) is 47.4 Å². The van der Waals surface area contributed by atoms with E-state index in [2.05, 4.69) is 4.90 Å². The summed E-state index contributed by atoms with van der Waals surface area (Å²) in [5.74, 6) is 1.08. The number of carbonyl (C=O) groups excluding carboxylic acids is 1. The van der Waals surface area contributed by atoms with Gasteiger partial charge in [0.25, 0.3) is 15.9 Å². The summed E-state index contributed by atoms with van der Waals surface area (Å²) < 4.78 is 40.2. The van der Waals surface area contributed by atoms with Crippen LogP contribution in [0, 0.1) is 0 Å². The van der Waals surface area contributed by atoms with Crippen molar-refractivity contribution in [3.63, 3.8) is 0 Å². The van der Waals surface area contributed by atoms with Crippen molar-refractivity contribution in [2.75, 3.05) is 49.7 Å². The first kappa shape index (κ1) is 25.6. The summed E-state index contributed by atoms with van der Waals surface area (Å²) in [6.45, 7) is 1.86. The fraction of sp³-hybridized carbons (Fsp3) is 0.286. The van der Waals surface area contributed by atoms with E-state index in [-0.39, 0.29) is 17.6 Å². The lowest BCUT2D eigenvalue weighted by Crippen LogP contribution is -2.33. The van der Waals surface area contributed by atoms with Crippen LogP contribution in [0.15, 0.2) is 65.6 Å². The fourth-order valence-electron chi connectivity index (χ4n) is 4.86. The SMILES string of the molecule is CN(C)CCCN(C(=O)c1ccc(S(=O)(=O)N2CCc3ccccc32)cc1)c1nc2cc3c(cc2s1)OCO3. The molecule has 3 aromatic carbocycles. The highest BCUT2D eigenvalue weighted by molar-refractivity contribution is 7.92. The van der Waals surface area contributed by atoms with E-state index in [4.69, 9.17) is 14.5 Å². The van der Waals surface area contributed by atoms with Crippen molar-refractivity contribution in [1.29, 1.82) is 0 Å². The Bertz CT molecular complexity index is 1610. The average molecular weight is 565 g/mol. The average Bonchev–Trinajstić information content (AvgIpc) is 3.67. The van der Waals surface area contributed by atoms with Crippen LogP contribution in [-0.4, -0.2) is 64.7 Å². The van der Waals surface area contributed by atoms with Crippen LogP contribution < -0.4 is 18.7 Å². The van der Waals surface area contributed by atoms with Gasteiger partial charge in [0, 0.05) is 30.8 Å². The highest BCUT2D eigenvalue weighted by Crippen LogP contribution is 2.40. The summed E-state index contributed by atoms with van der Waals surface area (Å²) in [6, 6.07) is 17.4. The van der Waals surface area contributed by atoms with E-state index in [1.54, 1.807) is 17.0 Å². The number of ether oxygens (including phenoxy) is 2. The van der Waals surface area contributed by atoms with E-state index >= 15 is 0 Å². The molecule has 0 N–H and O–H groups in total. The molecule has 1 amide bonds. The third-order valence-electron chi connectivity index (χ3n) is 6.87. The largest absolute Gasteiger partial charge is 0.454 e. The maximum atomic E-state index is 13.7. The van der Waals surface area contributed by atoms with Crippen LogP contribution in [0.2, 0.25) is 0 Å². The van der Waals surface area contributed by atoms with Crippen LogP contribution in [-0.2, 0) is 16.4 Å². The van der Waals surface area contributed by atoms with Crippen LogP contribution in [0.1, 0.15) is 22.3 Å². The Balaban J connectivity index is 1.28. The van der Waals surface area contributed by atoms with Crippen molar-refractivity contribution >= 4 is 48.3 Å². The van der Waals surface area contributed by atoms with Gasteiger partial charge in [-0.3, -0.25) is 14.0 Å². The molecule has 0 aliphatic carbocycles. The van der Waals surface area contributed by atoms with Gasteiger partial charge in [-0.2, -0.15) is 0 Å². The van der Waals surface area contributed by atoms with Gasteiger partial charge >= 0.3 is 0 Å². The van der Waals surface area contributed by atoms with Crippen LogP contribution in [0.25, 0.3) is 10.2 Å². The zero-order chi connectivity index (χ0) is 27.1. The second-order valence-electron chi connectivity index (χ2n) is 9.76. The molecule has 3 heterocycles. The Hall–Kier alpha value is -3.67. The second-order valence-corrected chi connectivity index (χ2v) is 12.6. The lowest BCUT2D eigenvalue weighted by molar-refractivity contribution is 0.0986. The van der Waals surface area contributed by atoms with Crippen molar-refractivity contribution in [3.05, 3.63) is 71.8 Å². The Morgan fingerprint density at radius 1 is 1.03 bits per heavy atom. The Labute approximate surface area is 231 Å². The zero-order valence-corrected chi connectivity index (χ0v) is 23.3. The highest BCUT2D eigenvalue weighted by atomic mass is 32.2. The lowest BCUT2D eigenvalue weighted by Gasteiger charge is -2.22. The van der Waals surface area contributed by atoms with Gasteiger partial charge < -0.3 is 14.4 Å². The van der Waals surface area contributed by atoms with Gasteiger partial charge in [-0.05, 0) is 69.4 Å². The second kappa shape index (κ2) is 10.1. The number of aromatic nitrogens is 1. The van der Waals surface area contributed by atoms with E-state index in [9.17, 15) is 13.2 Å². The number of amides is 1. The predicted molar refractivity (Wildman–Crippen MR) is 152 cm³/mol. The summed E-state index contributed by atoms with van der Waals surface area (Å²) in [4.78, 5) is 22.4. The summed E-state index contributed by atoms with van der Waals surface area (Å²) >= 11 is 1.41. The van der Waals surface area contributed by atoms with Crippen LogP contribution in [0.3, 0.4) is 0 Å². The number of rotatable bonds is 8. The predicted octanol–water partition coefficient (Wildman–Crippen LogP) is 4.37. The third kappa shape index (κ3) is 4.81. The molecule has 6 rings (SSSR count). The standard InChI is InChI=1S/C28H28N4O5S2/c1-30(2)13-5-14-31(28-29-22-16-24-25(37-18-36-24)17-26(22)38-28)27(33)20-8-10-21(11-9-20)39(34,35)32-15-12-19-6-3-4-7-23(19)32/h3-4,6-11,16-17H,5,12-15,18H2,1-2H3. The maximum Gasteiger partial charge on any atom is 0.264 e. The molecule has 0 saturated carbocycles. The highest BCUT2D eigenvalue weighted by Gasteiger charge is 2.31. The smallest absolute Gasteiger partial charge is 0.264 e. The molecule has 0 saturated heterocycles. The summed E-state index contributed by atoms with van der Waals surface area (Å²) in [5.41, 5.74) is 2.86. The van der Waals surface area contributed by atoms with Crippen LogP contribution in [0.4, 0.5) is 10.8 Å². The molecule has 4 aromatic rings. The number of thiazole rings is 1. The van der Waals surface area contributed by atoms with E-state index in [0.717, 1.165) is 28.7 Å². The molecule has 0 spiro atoms. The minimum Gasteiger partial charge on any atom is -0.454 e. The number of nitrogens with zero attached hydrogens (tertiary/aromatic N) is 4. The summed E-state index contributed by atoms with van der Waals surface area (Å²) in [7, 11) is 0.234. The minimum absolute atomic E-state index is 0.157. The van der Waals surface area contributed by atoms with Gasteiger partial charge in [0.15, 0.2) is 16.6 Å². The zero-order valence-electron chi connectivity index (χ0n) is 21.7. The van der Waals surface area contributed by atoms with Crippen LogP contribution in [0.5, 0.6) is 11.5 Å². The molecular formula is C28H28N4O5S2. The molecule has 39 heavy (non-hydrogen) atoms. The molecule has 1 aromatic heterocycles. The van der Waals surface area contributed by atoms with Crippen molar-refractivity contribution in [2.24, 2.45) is 0 Å². The number of hydrogen-bond acceptors (Lipinski definition) is 8. The van der Waals surface area contributed by atoms with Crippen molar-refractivity contribution in [2.45, 2.75) is 17.7 Å².